The zero-order valence-corrected chi connectivity index (χ0v) is 16.5. The van der Waals surface area contributed by atoms with Gasteiger partial charge in [0, 0.05) is 55.6 Å². The summed E-state index contributed by atoms with van der Waals surface area (Å²) in [6, 6.07) is 12.0. The molecule has 28 heavy (non-hydrogen) atoms. The number of methoxy groups -OCH3 is 1. The molecule has 8 heteroatoms. The number of rotatable bonds is 6. The highest BCUT2D eigenvalue weighted by Gasteiger charge is 2.21. The lowest BCUT2D eigenvalue weighted by atomic mass is 10.2. The van der Waals surface area contributed by atoms with Crippen LogP contribution in [0.15, 0.2) is 47.1 Å². The Morgan fingerprint density at radius 1 is 1.11 bits per heavy atom. The molecule has 146 valence electrons. The molecule has 0 amide bonds. The van der Waals surface area contributed by atoms with Gasteiger partial charge in [0.15, 0.2) is 0 Å². The van der Waals surface area contributed by atoms with E-state index < -0.39 is 0 Å². The van der Waals surface area contributed by atoms with Crippen molar-refractivity contribution in [3.8, 4) is 17.3 Å². The minimum Gasteiger partial charge on any atom is -0.481 e. The largest absolute Gasteiger partial charge is 0.481 e. The Balaban J connectivity index is 1.30. The maximum absolute atomic E-state index is 5.93. The minimum atomic E-state index is 0.573. The molecule has 0 unspecified atom stereocenters. The number of hydrogen-bond donors (Lipinski definition) is 0. The molecule has 4 rings (SSSR count). The van der Waals surface area contributed by atoms with E-state index in [-0.39, 0.29) is 0 Å². The molecule has 0 spiro atoms. The van der Waals surface area contributed by atoms with Gasteiger partial charge in [-0.05, 0) is 42.3 Å². The molecule has 0 aliphatic carbocycles. The lowest BCUT2D eigenvalue weighted by Crippen LogP contribution is -2.47. The smallest absolute Gasteiger partial charge is 0.324 e. The number of hydrogen-bond acceptors (Lipinski definition) is 7. The van der Waals surface area contributed by atoms with Crippen LogP contribution in [0.3, 0.4) is 0 Å². The molecule has 0 atom stereocenters. The van der Waals surface area contributed by atoms with E-state index in [4.69, 9.17) is 20.9 Å². The van der Waals surface area contributed by atoms with Gasteiger partial charge in [0.1, 0.15) is 0 Å². The maximum Gasteiger partial charge on any atom is 0.324 e. The predicted octanol–water partition coefficient (Wildman–Crippen LogP) is 3.16. The zero-order valence-electron chi connectivity index (χ0n) is 15.7. The third-order valence-corrected chi connectivity index (χ3v) is 5.14. The molecule has 1 aliphatic rings. The summed E-state index contributed by atoms with van der Waals surface area (Å²) in [5, 5.41) is 4.79. The standard InChI is InChI=1S/C20H22ClN5O2/c1-27-18-14-15(6-8-22-18)7-9-25-10-12-26(13-11-25)20-23-19(24-28-20)16-2-4-17(21)5-3-16/h2-6,8,14H,7,9-13H2,1H3. The highest BCUT2D eigenvalue weighted by molar-refractivity contribution is 6.30. The Labute approximate surface area is 168 Å². The zero-order chi connectivity index (χ0) is 19.3. The van der Waals surface area contributed by atoms with Crippen molar-refractivity contribution in [1.29, 1.82) is 0 Å². The first kappa shape index (κ1) is 18.7. The lowest BCUT2D eigenvalue weighted by molar-refractivity contribution is 0.253. The summed E-state index contributed by atoms with van der Waals surface area (Å²) >= 11 is 5.93. The van der Waals surface area contributed by atoms with Crippen molar-refractivity contribution in [2.24, 2.45) is 0 Å². The van der Waals surface area contributed by atoms with Crippen LogP contribution in [0, 0.1) is 0 Å². The van der Waals surface area contributed by atoms with E-state index in [1.54, 1.807) is 13.3 Å². The van der Waals surface area contributed by atoms with Crippen molar-refractivity contribution < 1.29 is 9.26 Å². The monoisotopic (exact) mass is 399 g/mol. The molecule has 0 bridgehead atoms. The van der Waals surface area contributed by atoms with E-state index in [0.717, 1.165) is 44.7 Å². The van der Waals surface area contributed by atoms with Gasteiger partial charge >= 0.3 is 6.01 Å². The van der Waals surface area contributed by atoms with Gasteiger partial charge in [0.2, 0.25) is 11.7 Å². The van der Waals surface area contributed by atoms with Gasteiger partial charge in [-0.2, -0.15) is 4.98 Å². The molecule has 7 nitrogen and oxygen atoms in total. The number of piperazine rings is 1. The normalized spacial score (nSPS) is 15.0. The fourth-order valence-corrected chi connectivity index (χ4v) is 3.35. The number of nitrogens with zero attached hydrogens (tertiary/aromatic N) is 5. The van der Waals surface area contributed by atoms with Gasteiger partial charge in [-0.25, -0.2) is 4.98 Å². The number of benzene rings is 1. The molecule has 0 N–H and O–H groups in total. The molecule has 1 aliphatic heterocycles. The number of anilines is 1. The molecule has 0 radical (unpaired) electrons. The van der Waals surface area contributed by atoms with E-state index in [0.29, 0.717) is 22.7 Å². The van der Waals surface area contributed by atoms with Crippen LogP contribution in [0.1, 0.15) is 5.56 Å². The summed E-state index contributed by atoms with van der Waals surface area (Å²) < 4.78 is 10.7. The Morgan fingerprint density at radius 3 is 2.64 bits per heavy atom. The van der Waals surface area contributed by atoms with E-state index >= 15 is 0 Å². The first-order valence-electron chi connectivity index (χ1n) is 9.27. The van der Waals surface area contributed by atoms with Crippen molar-refractivity contribution in [2.75, 3.05) is 44.7 Å². The van der Waals surface area contributed by atoms with Gasteiger partial charge in [0.25, 0.3) is 0 Å². The van der Waals surface area contributed by atoms with Crippen LogP contribution in [0.25, 0.3) is 11.4 Å². The Bertz CT molecular complexity index is 907. The van der Waals surface area contributed by atoms with Gasteiger partial charge in [-0.15, -0.1) is 0 Å². The third kappa shape index (κ3) is 4.43. The summed E-state index contributed by atoms with van der Waals surface area (Å²) in [6.07, 6.45) is 2.76. The highest BCUT2D eigenvalue weighted by Crippen LogP contribution is 2.22. The van der Waals surface area contributed by atoms with Crippen LogP contribution in [-0.2, 0) is 6.42 Å². The van der Waals surface area contributed by atoms with Crippen LogP contribution in [-0.4, -0.2) is 59.9 Å². The van der Waals surface area contributed by atoms with E-state index in [2.05, 4.69) is 24.9 Å². The Morgan fingerprint density at radius 2 is 1.89 bits per heavy atom. The lowest BCUT2D eigenvalue weighted by Gasteiger charge is -2.33. The first-order valence-corrected chi connectivity index (χ1v) is 9.65. The molecule has 3 heterocycles. The molecule has 3 aromatic rings. The van der Waals surface area contributed by atoms with Crippen LogP contribution >= 0.6 is 11.6 Å². The minimum absolute atomic E-state index is 0.573. The molecule has 0 saturated carbocycles. The number of aromatic nitrogens is 3. The van der Waals surface area contributed by atoms with Gasteiger partial charge < -0.3 is 14.2 Å². The van der Waals surface area contributed by atoms with Crippen molar-refractivity contribution in [2.45, 2.75) is 6.42 Å². The Kier molecular flexibility index (Phi) is 5.73. The van der Waals surface area contributed by atoms with Crippen molar-refractivity contribution in [1.82, 2.24) is 20.0 Å². The molecular weight excluding hydrogens is 378 g/mol. The number of pyridine rings is 1. The molecule has 1 saturated heterocycles. The maximum atomic E-state index is 5.93. The summed E-state index contributed by atoms with van der Waals surface area (Å²) in [5.74, 6) is 1.25. The van der Waals surface area contributed by atoms with Crippen LogP contribution in [0.5, 0.6) is 5.88 Å². The van der Waals surface area contributed by atoms with Gasteiger partial charge in [-0.3, -0.25) is 4.90 Å². The van der Waals surface area contributed by atoms with Gasteiger partial charge in [0.05, 0.1) is 7.11 Å². The fraction of sp³-hybridized carbons (Fsp3) is 0.350. The molecular formula is C20H22ClN5O2. The fourth-order valence-electron chi connectivity index (χ4n) is 3.23. The van der Waals surface area contributed by atoms with E-state index in [9.17, 15) is 0 Å². The second-order valence-electron chi connectivity index (χ2n) is 6.69. The summed E-state index contributed by atoms with van der Waals surface area (Å²) in [4.78, 5) is 13.3. The van der Waals surface area contributed by atoms with Crippen LogP contribution in [0.4, 0.5) is 6.01 Å². The van der Waals surface area contributed by atoms with Crippen LogP contribution in [0.2, 0.25) is 5.02 Å². The predicted molar refractivity (Wildman–Crippen MR) is 108 cm³/mol. The SMILES string of the molecule is COc1cc(CCN2CCN(c3nc(-c4ccc(Cl)cc4)no3)CC2)ccn1. The number of halogens is 1. The topological polar surface area (TPSA) is 67.5 Å². The van der Waals surface area contributed by atoms with E-state index in [1.807, 2.05) is 36.4 Å². The third-order valence-electron chi connectivity index (χ3n) is 4.89. The summed E-state index contributed by atoms with van der Waals surface area (Å²) in [7, 11) is 1.64. The molecule has 2 aromatic heterocycles. The average molecular weight is 400 g/mol. The Hall–Kier alpha value is -2.64. The molecule has 1 fully saturated rings. The second-order valence-corrected chi connectivity index (χ2v) is 7.13. The quantitative estimate of drug-likeness (QED) is 0.630. The highest BCUT2D eigenvalue weighted by atomic mass is 35.5. The van der Waals surface area contributed by atoms with E-state index in [1.165, 1.54) is 5.56 Å². The first-order chi connectivity index (χ1) is 13.7. The summed E-state index contributed by atoms with van der Waals surface area (Å²) in [6.45, 7) is 4.65. The van der Waals surface area contributed by atoms with Crippen LogP contribution < -0.4 is 9.64 Å². The number of ether oxygens (including phenoxy) is 1. The van der Waals surface area contributed by atoms with Crippen molar-refractivity contribution in [3.05, 3.63) is 53.2 Å². The molecule has 1 aromatic carbocycles. The van der Waals surface area contributed by atoms with Gasteiger partial charge in [-0.1, -0.05) is 16.8 Å². The van der Waals surface area contributed by atoms with Crippen molar-refractivity contribution in [3.63, 3.8) is 0 Å². The van der Waals surface area contributed by atoms with Crippen molar-refractivity contribution >= 4 is 17.6 Å². The second kappa shape index (κ2) is 8.58. The average Bonchev–Trinajstić information content (AvgIpc) is 3.23. The summed E-state index contributed by atoms with van der Waals surface area (Å²) in [5.41, 5.74) is 2.13.